The molecule has 3 aromatic rings. The van der Waals surface area contributed by atoms with Crippen LogP contribution in [-0.2, 0) is 24.6 Å². The van der Waals surface area contributed by atoms with Crippen molar-refractivity contribution in [1.29, 1.82) is 5.26 Å². The van der Waals surface area contributed by atoms with Gasteiger partial charge in [0, 0.05) is 37.1 Å². The fourth-order valence-corrected chi connectivity index (χ4v) is 4.75. The first kappa shape index (κ1) is 28.1. The van der Waals surface area contributed by atoms with E-state index in [-0.39, 0.29) is 40.2 Å². The van der Waals surface area contributed by atoms with E-state index in [0.717, 1.165) is 17.0 Å². The van der Waals surface area contributed by atoms with Crippen molar-refractivity contribution in [2.24, 2.45) is 7.05 Å². The maximum Gasteiger partial charge on any atom is 0.416 e. The quantitative estimate of drug-likeness (QED) is 0.478. The molecular weight excluding hydrogens is 525 g/mol. The number of aromatic nitrogens is 2. The van der Waals surface area contributed by atoms with Crippen LogP contribution in [0.3, 0.4) is 0 Å². The van der Waals surface area contributed by atoms with Crippen LogP contribution in [0.5, 0.6) is 0 Å². The van der Waals surface area contributed by atoms with Crippen LogP contribution < -0.4 is 10.2 Å². The Morgan fingerprint density at radius 1 is 1.15 bits per heavy atom. The molecule has 40 heavy (non-hydrogen) atoms. The van der Waals surface area contributed by atoms with Crippen molar-refractivity contribution in [3.63, 3.8) is 0 Å². The van der Waals surface area contributed by atoms with Crippen molar-refractivity contribution >= 4 is 23.4 Å². The third-order valence-corrected chi connectivity index (χ3v) is 6.60. The van der Waals surface area contributed by atoms with Crippen LogP contribution in [0.2, 0.25) is 0 Å². The van der Waals surface area contributed by atoms with Gasteiger partial charge in [0.1, 0.15) is 0 Å². The summed E-state index contributed by atoms with van der Waals surface area (Å²) in [7, 11) is 3.18. The Labute approximate surface area is 228 Å². The number of nitriles is 1. The molecule has 0 bridgehead atoms. The number of hydrogen-bond acceptors (Lipinski definition) is 5. The lowest BCUT2D eigenvalue weighted by atomic mass is 9.87. The van der Waals surface area contributed by atoms with Crippen LogP contribution in [0.15, 0.2) is 66.3 Å². The number of allylic oxidation sites excluding steroid dienone is 1. The molecule has 1 N–H and O–H groups in total. The Morgan fingerprint density at radius 3 is 2.48 bits per heavy atom. The lowest BCUT2D eigenvalue weighted by Gasteiger charge is -2.41. The molecule has 1 aliphatic rings. The van der Waals surface area contributed by atoms with E-state index in [1.165, 1.54) is 56.1 Å². The topological polar surface area (TPSA) is 111 Å². The maximum atomic E-state index is 13.6. The second-order valence-corrected chi connectivity index (χ2v) is 9.36. The van der Waals surface area contributed by atoms with Crippen LogP contribution in [0.4, 0.5) is 23.7 Å². The fourth-order valence-electron chi connectivity index (χ4n) is 4.75. The summed E-state index contributed by atoms with van der Waals surface area (Å²) >= 11 is 0. The SMILES string of the molecule is CC(=O)C1=C(C)N(c2cccc(C(F)(F)F)c2)C(=O)N(C)C1c1ccc(C#N)cc1C(=O)NCc1cn(C)cn1. The minimum Gasteiger partial charge on any atom is -0.346 e. The summed E-state index contributed by atoms with van der Waals surface area (Å²) in [5.41, 5.74) is 0.364. The number of imidazole rings is 1. The van der Waals surface area contributed by atoms with Gasteiger partial charge in [-0.3, -0.25) is 14.5 Å². The van der Waals surface area contributed by atoms with Gasteiger partial charge in [-0.2, -0.15) is 18.4 Å². The van der Waals surface area contributed by atoms with Crippen molar-refractivity contribution in [3.8, 4) is 6.07 Å². The number of likely N-dealkylation sites (N-methyl/N-ethyl adjacent to an activating group) is 1. The van der Waals surface area contributed by atoms with Gasteiger partial charge in [0.25, 0.3) is 5.91 Å². The third-order valence-electron chi connectivity index (χ3n) is 6.60. The van der Waals surface area contributed by atoms with Gasteiger partial charge < -0.3 is 14.8 Å². The monoisotopic (exact) mass is 550 g/mol. The molecule has 0 aliphatic carbocycles. The molecule has 0 saturated carbocycles. The number of aryl methyl sites for hydroxylation is 1. The van der Waals surface area contributed by atoms with Gasteiger partial charge in [-0.1, -0.05) is 12.1 Å². The Bertz CT molecular complexity index is 1580. The smallest absolute Gasteiger partial charge is 0.346 e. The number of benzene rings is 2. The number of Topliss-reactive ketones (excluding diaryl/α,β-unsaturated/α-hetero) is 1. The lowest BCUT2D eigenvalue weighted by molar-refractivity contribution is -0.137. The molecule has 0 fully saturated rings. The van der Waals surface area contributed by atoms with Gasteiger partial charge in [-0.05, 0) is 49.7 Å². The number of anilines is 1. The molecule has 1 atom stereocenters. The zero-order chi connectivity index (χ0) is 29.4. The molecule has 206 valence electrons. The predicted molar refractivity (Wildman–Crippen MR) is 139 cm³/mol. The van der Waals surface area contributed by atoms with Crippen molar-refractivity contribution in [3.05, 3.63) is 94.2 Å². The van der Waals surface area contributed by atoms with Crippen LogP contribution >= 0.6 is 0 Å². The second kappa shape index (κ2) is 10.7. The normalized spacial score (nSPS) is 15.8. The summed E-state index contributed by atoms with van der Waals surface area (Å²) in [6.07, 6.45) is -1.33. The molecule has 2 heterocycles. The molecule has 4 rings (SSSR count). The molecule has 12 heteroatoms. The van der Waals surface area contributed by atoms with Crippen LogP contribution in [-0.4, -0.2) is 39.2 Å². The summed E-state index contributed by atoms with van der Waals surface area (Å²) in [5, 5.41) is 12.2. The van der Waals surface area contributed by atoms with E-state index in [2.05, 4.69) is 10.3 Å². The van der Waals surface area contributed by atoms with E-state index >= 15 is 0 Å². The highest BCUT2D eigenvalue weighted by atomic mass is 19.4. The molecule has 1 aliphatic heterocycles. The second-order valence-electron chi connectivity index (χ2n) is 9.36. The molecule has 1 aromatic heterocycles. The Kier molecular flexibility index (Phi) is 7.51. The van der Waals surface area contributed by atoms with E-state index in [9.17, 15) is 32.8 Å². The standard InChI is InChI=1S/C28H25F3N6O3/c1-16-24(17(2)38)25(36(4)27(40)37(16)21-7-5-6-19(11-21)28(29,30)31)22-9-8-18(12-32)10-23(22)26(39)33-13-20-14-35(3)15-34-20/h5-11,14-15,25H,13H2,1-4H3,(H,33,39). The molecule has 2 aromatic carbocycles. The maximum absolute atomic E-state index is 13.6. The van der Waals surface area contributed by atoms with Gasteiger partial charge in [-0.25, -0.2) is 9.78 Å². The number of rotatable bonds is 6. The predicted octanol–water partition coefficient (Wildman–Crippen LogP) is 4.72. The number of hydrogen-bond donors (Lipinski definition) is 1. The average Bonchev–Trinajstić information content (AvgIpc) is 3.33. The van der Waals surface area contributed by atoms with Crippen LogP contribution in [0, 0.1) is 11.3 Å². The molecule has 0 saturated heterocycles. The Hall–Kier alpha value is -4.92. The zero-order valence-electron chi connectivity index (χ0n) is 22.1. The highest BCUT2D eigenvalue weighted by Gasteiger charge is 2.41. The van der Waals surface area contributed by atoms with E-state index in [0.29, 0.717) is 5.69 Å². The minimum atomic E-state index is -4.63. The average molecular weight is 551 g/mol. The van der Waals surface area contributed by atoms with Gasteiger partial charge in [0.05, 0.1) is 47.5 Å². The summed E-state index contributed by atoms with van der Waals surface area (Å²) < 4.78 is 41.9. The summed E-state index contributed by atoms with van der Waals surface area (Å²) in [5.74, 6) is -0.998. The van der Waals surface area contributed by atoms with Gasteiger partial charge in [0.2, 0.25) is 0 Å². The van der Waals surface area contributed by atoms with E-state index in [1.54, 1.807) is 24.1 Å². The Morgan fingerprint density at radius 2 is 1.88 bits per heavy atom. The Balaban J connectivity index is 1.82. The molecule has 1 unspecified atom stereocenters. The number of halogens is 3. The number of ketones is 1. The van der Waals surface area contributed by atoms with Crippen molar-refractivity contribution in [2.75, 3.05) is 11.9 Å². The van der Waals surface area contributed by atoms with E-state index in [1.807, 2.05) is 6.07 Å². The summed E-state index contributed by atoms with van der Waals surface area (Å²) in [6.45, 7) is 2.84. The highest BCUT2D eigenvalue weighted by molar-refractivity contribution is 6.06. The fraction of sp³-hybridized carbons (Fsp3) is 0.250. The van der Waals surface area contributed by atoms with Crippen molar-refractivity contribution < 1.29 is 27.6 Å². The number of urea groups is 1. The molecule has 0 radical (unpaired) electrons. The van der Waals surface area contributed by atoms with Gasteiger partial charge in [-0.15, -0.1) is 0 Å². The zero-order valence-corrected chi connectivity index (χ0v) is 22.1. The van der Waals surface area contributed by atoms with Crippen molar-refractivity contribution in [2.45, 2.75) is 32.6 Å². The molecule has 3 amide bonds. The van der Waals surface area contributed by atoms with Crippen LogP contribution in [0.25, 0.3) is 0 Å². The number of nitrogens with zero attached hydrogens (tertiary/aromatic N) is 5. The first-order valence-corrected chi connectivity index (χ1v) is 12.1. The van der Waals surface area contributed by atoms with Crippen LogP contribution in [0.1, 0.15) is 52.6 Å². The first-order chi connectivity index (χ1) is 18.8. The molecule has 0 spiro atoms. The number of carbonyl (C=O) groups excluding carboxylic acids is 3. The molecular formula is C28H25F3N6O3. The number of carbonyl (C=O) groups is 3. The van der Waals surface area contributed by atoms with Gasteiger partial charge in [0.15, 0.2) is 5.78 Å². The third kappa shape index (κ3) is 5.31. The number of nitrogens with one attached hydrogen (secondary N) is 1. The minimum absolute atomic E-state index is 0.0606. The largest absolute Gasteiger partial charge is 0.416 e. The van der Waals surface area contributed by atoms with E-state index < -0.39 is 35.5 Å². The number of alkyl halides is 3. The summed E-state index contributed by atoms with van der Waals surface area (Å²) in [6, 6.07) is 8.84. The number of amides is 3. The highest BCUT2D eigenvalue weighted by Crippen LogP contribution is 2.41. The first-order valence-electron chi connectivity index (χ1n) is 12.1. The molecule has 9 nitrogen and oxygen atoms in total. The van der Waals surface area contributed by atoms with Crippen molar-refractivity contribution in [1.82, 2.24) is 19.8 Å². The van der Waals surface area contributed by atoms with E-state index in [4.69, 9.17) is 0 Å². The van der Waals surface area contributed by atoms with Gasteiger partial charge >= 0.3 is 12.2 Å². The lowest BCUT2D eigenvalue weighted by Crippen LogP contribution is -2.49. The summed E-state index contributed by atoms with van der Waals surface area (Å²) in [4.78, 5) is 46.4.